The van der Waals surface area contributed by atoms with Gasteiger partial charge in [0.2, 0.25) is 6.79 Å². The molecule has 2 aliphatic heterocycles. The van der Waals surface area contributed by atoms with E-state index in [1.165, 1.54) is 6.07 Å². The highest BCUT2D eigenvalue weighted by molar-refractivity contribution is 6.03. The van der Waals surface area contributed by atoms with E-state index in [-0.39, 0.29) is 24.0 Å². The molecule has 184 valence electrons. The number of fused-ring (bicyclic) bond motifs is 2. The van der Waals surface area contributed by atoms with E-state index in [0.29, 0.717) is 21.7 Å². The van der Waals surface area contributed by atoms with Crippen LogP contribution in [0, 0.1) is 0 Å². The Morgan fingerprint density at radius 1 is 1.03 bits per heavy atom. The summed E-state index contributed by atoms with van der Waals surface area (Å²) in [6.45, 7) is 0.0131. The lowest BCUT2D eigenvalue weighted by molar-refractivity contribution is -0.173. The first-order valence-electron chi connectivity index (χ1n) is 10.3. The molecule has 13 heteroatoms. The number of halogens is 6. The molecule has 35 heavy (non-hydrogen) atoms. The number of nitrogens with one attached hydrogen (secondary N) is 2. The number of nitrogens with zero attached hydrogens (tertiary/aromatic N) is 2. The number of carbonyl (C=O) groups is 1. The van der Waals surface area contributed by atoms with Crippen molar-refractivity contribution in [3.05, 3.63) is 65.4 Å². The van der Waals surface area contributed by atoms with E-state index in [1.54, 1.807) is 18.2 Å². The largest absolute Gasteiger partial charge is 0.454 e. The zero-order chi connectivity index (χ0) is 25.0. The van der Waals surface area contributed by atoms with Crippen LogP contribution in [-0.2, 0) is 6.18 Å². The summed E-state index contributed by atoms with van der Waals surface area (Å²) in [6.07, 6.45) is -9.71. The summed E-state index contributed by atoms with van der Waals surface area (Å²) in [6, 6.07) is 7.00. The van der Waals surface area contributed by atoms with Gasteiger partial charge < -0.3 is 20.1 Å². The molecular formula is C22H16F6N4O3. The van der Waals surface area contributed by atoms with Gasteiger partial charge in [-0.05, 0) is 35.9 Å². The van der Waals surface area contributed by atoms with E-state index in [0.717, 1.165) is 24.3 Å². The van der Waals surface area contributed by atoms with E-state index >= 15 is 0 Å². The van der Waals surface area contributed by atoms with Gasteiger partial charge in [0.25, 0.3) is 5.91 Å². The molecule has 2 atom stereocenters. The monoisotopic (exact) mass is 498 g/mol. The summed E-state index contributed by atoms with van der Waals surface area (Å²) in [5, 5.41) is 9.01. The minimum Gasteiger partial charge on any atom is -0.454 e. The molecule has 5 rings (SSSR count). The number of amides is 1. The first-order chi connectivity index (χ1) is 16.5. The molecule has 0 saturated heterocycles. The van der Waals surface area contributed by atoms with Crippen LogP contribution in [0.4, 0.5) is 37.8 Å². The van der Waals surface area contributed by atoms with Crippen LogP contribution >= 0.6 is 0 Å². The molecule has 3 aromatic rings. The Morgan fingerprint density at radius 3 is 2.54 bits per heavy atom. The maximum atomic E-state index is 13.9. The molecule has 2 aliphatic rings. The van der Waals surface area contributed by atoms with Gasteiger partial charge in [-0.2, -0.15) is 31.4 Å². The van der Waals surface area contributed by atoms with Crippen LogP contribution in [0.15, 0.2) is 48.5 Å². The molecule has 1 amide bonds. The number of anilines is 2. The number of benzene rings is 2. The van der Waals surface area contributed by atoms with E-state index < -0.39 is 42.3 Å². The summed E-state index contributed by atoms with van der Waals surface area (Å²) >= 11 is 0. The van der Waals surface area contributed by atoms with Gasteiger partial charge in [-0.3, -0.25) is 4.79 Å². The molecule has 7 nitrogen and oxygen atoms in total. The van der Waals surface area contributed by atoms with Crippen LogP contribution in [0.2, 0.25) is 0 Å². The Labute approximate surface area is 193 Å². The van der Waals surface area contributed by atoms with E-state index in [4.69, 9.17) is 9.47 Å². The van der Waals surface area contributed by atoms with Gasteiger partial charge in [0.05, 0.1) is 11.6 Å². The average Bonchev–Trinajstić information content (AvgIpc) is 3.43. The zero-order valence-electron chi connectivity index (χ0n) is 17.6. The normalized spacial score (nSPS) is 19.1. The highest BCUT2D eigenvalue weighted by Gasteiger charge is 2.47. The minimum atomic E-state index is -4.67. The fourth-order valence-electron chi connectivity index (χ4n) is 4.00. The SMILES string of the molecule is O=C(Nc1cccc(C(F)(F)F)c1)c1cc2n(n1)[C@H](C(F)(F)F)C[C@H](c1ccc3c(c1)OCO3)N2. The average molecular weight is 498 g/mol. The number of rotatable bonds is 3. The quantitative estimate of drug-likeness (QED) is 0.464. The summed E-state index contributed by atoms with van der Waals surface area (Å²) in [4.78, 5) is 12.6. The van der Waals surface area contributed by atoms with Gasteiger partial charge in [0.1, 0.15) is 5.82 Å². The van der Waals surface area contributed by atoms with Crippen molar-refractivity contribution in [1.82, 2.24) is 9.78 Å². The van der Waals surface area contributed by atoms with Gasteiger partial charge in [0.15, 0.2) is 23.2 Å². The standard InChI is InChI=1S/C22H16F6N4O3/c23-21(24,25)12-2-1-3-13(7-12)29-20(33)15-9-19-30-14(8-18(22(26,27)28)32(19)31-15)11-4-5-16-17(6-11)35-10-34-16/h1-7,9,14,18,30H,8,10H2,(H,29,33)/t14-,18+/m1/s1. The Balaban J connectivity index is 1.42. The summed E-state index contributed by atoms with van der Waals surface area (Å²) < 4.78 is 91.7. The lowest BCUT2D eigenvalue weighted by Crippen LogP contribution is -2.35. The zero-order valence-corrected chi connectivity index (χ0v) is 17.6. The van der Waals surface area contributed by atoms with Crippen LogP contribution in [0.1, 0.15) is 40.1 Å². The molecule has 2 aromatic carbocycles. The molecule has 0 spiro atoms. The molecular weight excluding hydrogens is 482 g/mol. The van der Waals surface area contributed by atoms with Crippen molar-refractivity contribution in [3.8, 4) is 11.5 Å². The lowest BCUT2D eigenvalue weighted by Gasteiger charge is -2.33. The molecule has 0 fully saturated rings. The summed E-state index contributed by atoms with van der Waals surface area (Å²) in [5.74, 6) is -0.118. The van der Waals surface area contributed by atoms with Crippen molar-refractivity contribution in [1.29, 1.82) is 0 Å². The van der Waals surface area contributed by atoms with Crippen LogP contribution in [0.3, 0.4) is 0 Å². The molecule has 2 N–H and O–H groups in total. The van der Waals surface area contributed by atoms with Gasteiger partial charge in [0, 0.05) is 18.2 Å². The fraction of sp³-hybridized carbons (Fsp3) is 0.273. The van der Waals surface area contributed by atoms with E-state index in [2.05, 4.69) is 15.7 Å². The number of hydrogen-bond donors (Lipinski definition) is 2. The topological polar surface area (TPSA) is 77.4 Å². The summed E-state index contributed by atoms with van der Waals surface area (Å²) in [7, 11) is 0. The number of carbonyl (C=O) groups excluding carboxylic acids is 1. The molecule has 0 bridgehead atoms. The predicted molar refractivity (Wildman–Crippen MR) is 110 cm³/mol. The van der Waals surface area contributed by atoms with Crippen LogP contribution < -0.4 is 20.1 Å². The van der Waals surface area contributed by atoms with Crippen molar-refractivity contribution in [3.63, 3.8) is 0 Å². The molecule has 0 saturated carbocycles. The maximum absolute atomic E-state index is 13.9. The smallest absolute Gasteiger partial charge is 0.416 e. The third-order valence-electron chi connectivity index (χ3n) is 5.67. The number of alkyl halides is 6. The summed E-state index contributed by atoms with van der Waals surface area (Å²) in [5.41, 5.74) is -1.02. The molecule has 1 aromatic heterocycles. The third-order valence-corrected chi connectivity index (χ3v) is 5.67. The Bertz CT molecular complexity index is 1290. The first kappa shape index (κ1) is 22.9. The number of hydrogen-bond acceptors (Lipinski definition) is 5. The molecule has 0 aliphatic carbocycles. The molecule has 0 radical (unpaired) electrons. The van der Waals surface area contributed by atoms with Gasteiger partial charge in [-0.1, -0.05) is 12.1 Å². The molecule has 0 unspecified atom stereocenters. The fourth-order valence-corrected chi connectivity index (χ4v) is 4.00. The van der Waals surface area contributed by atoms with Crippen LogP contribution in [-0.4, -0.2) is 28.7 Å². The molecule has 3 heterocycles. The predicted octanol–water partition coefficient (Wildman–Crippen LogP) is 5.54. The minimum absolute atomic E-state index is 0.0131. The lowest BCUT2D eigenvalue weighted by atomic mass is 9.96. The van der Waals surface area contributed by atoms with Crippen molar-refractivity contribution in [2.45, 2.75) is 30.9 Å². The van der Waals surface area contributed by atoms with Crippen molar-refractivity contribution < 1.29 is 40.6 Å². The van der Waals surface area contributed by atoms with Crippen molar-refractivity contribution >= 4 is 17.4 Å². The highest BCUT2D eigenvalue weighted by Crippen LogP contribution is 2.45. The van der Waals surface area contributed by atoms with E-state index in [9.17, 15) is 31.1 Å². The van der Waals surface area contributed by atoms with Crippen molar-refractivity contribution in [2.75, 3.05) is 17.4 Å². The van der Waals surface area contributed by atoms with Gasteiger partial charge in [-0.15, -0.1) is 0 Å². The highest BCUT2D eigenvalue weighted by atomic mass is 19.4. The first-order valence-corrected chi connectivity index (χ1v) is 10.3. The Morgan fingerprint density at radius 2 is 1.80 bits per heavy atom. The van der Waals surface area contributed by atoms with Crippen LogP contribution in [0.5, 0.6) is 11.5 Å². The van der Waals surface area contributed by atoms with Crippen LogP contribution in [0.25, 0.3) is 0 Å². The second kappa shape index (κ2) is 8.10. The van der Waals surface area contributed by atoms with Gasteiger partial charge in [-0.25, -0.2) is 4.68 Å². The van der Waals surface area contributed by atoms with E-state index in [1.807, 2.05) is 0 Å². The number of aromatic nitrogens is 2. The maximum Gasteiger partial charge on any atom is 0.416 e. The second-order valence-electron chi connectivity index (χ2n) is 7.99. The van der Waals surface area contributed by atoms with Gasteiger partial charge >= 0.3 is 12.4 Å². The Kier molecular flexibility index (Phi) is 5.29. The second-order valence-corrected chi connectivity index (χ2v) is 7.99. The Hall–Kier alpha value is -3.90. The third kappa shape index (κ3) is 4.45. The van der Waals surface area contributed by atoms with Crippen molar-refractivity contribution in [2.24, 2.45) is 0 Å². The number of ether oxygens (including phenoxy) is 2.